The van der Waals surface area contributed by atoms with E-state index in [2.05, 4.69) is 282 Å². The number of ether oxygens (including phenoxy) is 3. The van der Waals surface area contributed by atoms with E-state index in [0.717, 1.165) is 63.6 Å². The lowest BCUT2D eigenvalue weighted by molar-refractivity contribution is 0.0378. The highest BCUT2D eigenvalue weighted by molar-refractivity contribution is 6.14. The van der Waals surface area contributed by atoms with Crippen molar-refractivity contribution in [3.8, 4) is 34.3 Å². The standard InChI is InChI=1S/C84H84FN3O3/c1-12-75(85)56(4)91-65-44-42-64(43-45-65)89-53-58-34-38-60(39-35-58)74(52-82(5,6)7)84(10,11)83(8,9)51-73(55(2)3)59-36-32-57(33-37-59)54-90-66-23-21-22-61(48-66)86-80-46-40-62(87-76-28-17-13-24-67(76)68-25-14-18-29-77(68)87)49-71(80)72-50-63(41-47-81(72)86)88-78-30-19-15-26-69(78)70-27-16-20-31-79(70)88/h13-50,55,73-74H,12,51-54H2,1-11H3. The van der Waals surface area contributed by atoms with Crippen molar-refractivity contribution in [1.82, 2.24) is 13.7 Å². The summed E-state index contributed by atoms with van der Waals surface area (Å²) in [6, 6.07) is 83.3. The third-order valence-corrected chi connectivity index (χ3v) is 19.8. The summed E-state index contributed by atoms with van der Waals surface area (Å²) in [6.07, 6.45) is 2.41. The first-order chi connectivity index (χ1) is 43.8. The van der Waals surface area contributed by atoms with Crippen molar-refractivity contribution in [2.24, 2.45) is 22.2 Å². The van der Waals surface area contributed by atoms with Crippen LogP contribution in [-0.4, -0.2) is 13.7 Å². The van der Waals surface area contributed by atoms with Crippen LogP contribution in [0, 0.1) is 22.2 Å². The average molecular weight is 1200 g/mol. The highest BCUT2D eigenvalue weighted by Crippen LogP contribution is 2.57. The van der Waals surface area contributed by atoms with Crippen LogP contribution < -0.4 is 14.2 Å². The van der Waals surface area contributed by atoms with Gasteiger partial charge in [-0.3, -0.25) is 0 Å². The van der Waals surface area contributed by atoms with E-state index < -0.39 is 0 Å². The first-order valence-electron chi connectivity index (χ1n) is 32.6. The minimum absolute atomic E-state index is 0.0292. The van der Waals surface area contributed by atoms with E-state index in [0.29, 0.717) is 43.1 Å². The van der Waals surface area contributed by atoms with Gasteiger partial charge in [-0.25, -0.2) is 4.39 Å². The first kappa shape index (κ1) is 60.6. The van der Waals surface area contributed by atoms with Crippen LogP contribution in [0.4, 0.5) is 4.39 Å². The zero-order valence-corrected chi connectivity index (χ0v) is 54.7. The van der Waals surface area contributed by atoms with Gasteiger partial charge in [0.25, 0.3) is 0 Å². The lowest BCUT2D eigenvalue weighted by Crippen LogP contribution is -2.41. The first-order valence-corrected chi connectivity index (χ1v) is 32.6. The molecule has 3 aromatic heterocycles. The summed E-state index contributed by atoms with van der Waals surface area (Å²) in [5.74, 6) is 3.29. The summed E-state index contributed by atoms with van der Waals surface area (Å²) in [6.45, 7) is 26.2. The Morgan fingerprint density at radius 2 is 0.835 bits per heavy atom. The number of aromatic nitrogens is 3. The van der Waals surface area contributed by atoms with Crippen LogP contribution in [0.25, 0.3) is 82.5 Å². The summed E-state index contributed by atoms with van der Waals surface area (Å²) in [7, 11) is 0. The van der Waals surface area contributed by atoms with E-state index in [9.17, 15) is 4.39 Å². The molecule has 13 rings (SSSR count). The molecule has 13 aromatic rings. The van der Waals surface area contributed by atoms with E-state index >= 15 is 0 Å². The zero-order valence-electron chi connectivity index (χ0n) is 54.7. The van der Waals surface area contributed by atoms with Crippen molar-refractivity contribution in [3.05, 3.63) is 264 Å². The van der Waals surface area contributed by atoms with E-state index in [1.807, 2.05) is 24.3 Å². The van der Waals surface area contributed by atoms with Gasteiger partial charge in [0.2, 0.25) is 0 Å². The number of hydrogen-bond acceptors (Lipinski definition) is 3. The van der Waals surface area contributed by atoms with Gasteiger partial charge in [0.15, 0.2) is 0 Å². The van der Waals surface area contributed by atoms with Gasteiger partial charge in [0.1, 0.15) is 42.0 Å². The van der Waals surface area contributed by atoms with Crippen LogP contribution in [0.5, 0.6) is 17.2 Å². The second-order valence-corrected chi connectivity index (χ2v) is 27.9. The predicted molar refractivity (Wildman–Crippen MR) is 379 cm³/mol. The molecule has 6 nitrogen and oxygen atoms in total. The number of benzene rings is 10. The molecule has 0 N–H and O–H groups in total. The molecule has 0 aliphatic heterocycles. The molecule has 0 amide bonds. The highest BCUT2D eigenvalue weighted by atomic mass is 19.1. The Hall–Kier alpha value is -9.33. The van der Waals surface area contributed by atoms with Gasteiger partial charge in [0, 0.05) is 55.4 Å². The molecule has 91 heavy (non-hydrogen) atoms. The Labute approximate surface area is 536 Å². The number of allylic oxidation sites excluding steroid dienone is 2. The van der Waals surface area contributed by atoms with Crippen LogP contribution in [0.15, 0.2) is 242 Å². The number of rotatable bonds is 20. The molecule has 0 aliphatic rings. The highest BCUT2D eigenvalue weighted by Gasteiger charge is 2.46. The Bertz CT molecular complexity index is 4540. The van der Waals surface area contributed by atoms with Crippen molar-refractivity contribution in [1.29, 1.82) is 0 Å². The van der Waals surface area contributed by atoms with Gasteiger partial charge in [0.05, 0.1) is 33.1 Å². The minimum atomic E-state index is -0.250. The molecule has 2 unspecified atom stereocenters. The molecule has 0 aliphatic carbocycles. The molecule has 3 heterocycles. The largest absolute Gasteiger partial charge is 0.489 e. The average Bonchev–Trinajstić information content (AvgIpc) is 1.62. The van der Waals surface area contributed by atoms with Gasteiger partial charge < -0.3 is 27.9 Å². The van der Waals surface area contributed by atoms with Gasteiger partial charge >= 0.3 is 0 Å². The normalized spacial score (nSPS) is 13.5. The summed E-state index contributed by atoms with van der Waals surface area (Å²) < 4.78 is 39.9. The molecule has 0 spiro atoms. The molecule has 0 radical (unpaired) electrons. The topological polar surface area (TPSA) is 42.5 Å². The van der Waals surface area contributed by atoms with Crippen molar-refractivity contribution >= 4 is 65.4 Å². The molecule has 0 saturated heterocycles. The van der Waals surface area contributed by atoms with Crippen molar-refractivity contribution < 1.29 is 18.6 Å². The van der Waals surface area contributed by atoms with Crippen LogP contribution in [-0.2, 0) is 13.2 Å². The molecule has 0 bridgehead atoms. The predicted octanol–water partition coefficient (Wildman–Crippen LogP) is 23.5. The summed E-state index contributed by atoms with van der Waals surface area (Å²) in [5.41, 5.74) is 15.3. The van der Waals surface area contributed by atoms with E-state index in [1.165, 1.54) is 65.5 Å². The van der Waals surface area contributed by atoms with Gasteiger partial charge in [-0.15, -0.1) is 0 Å². The molecule has 0 fully saturated rings. The Morgan fingerprint density at radius 1 is 0.418 bits per heavy atom. The molecular weight excluding hydrogens is 1120 g/mol. The number of para-hydroxylation sites is 4. The number of halogens is 1. The Kier molecular flexibility index (Phi) is 16.3. The van der Waals surface area contributed by atoms with Crippen molar-refractivity contribution in [2.45, 2.75) is 120 Å². The van der Waals surface area contributed by atoms with E-state index in [4.69, 9.17) is 14.2 Å². The second kappa shape index (κ2) is 24.5. The second-order valence-electron chi connectivity index (χ2n) is 27.9. The van der Waals surface area contributed by atoms with Gasteiger partial charge in [-0.2, -0.15) is 0 Å². The summed E-state index contributed by atoms with van der Waals surface area (Å²) in [5, 5.41) is 7.33. The van der Waals surface area contributed by atoms with Crippen LogP contribution in [0.3, 0.4) is 0 Å². The Balaban J connectivity index is 0.750. The summed E-state index contributed by atoms with van der Waals surface area (Å²) in [4.78, 5) is 0. The maximum absolute atomic E-state index is 14.0. The van der Waals surface area contributed by atoms with Crippen LogP contribution in [0.2, 0.25) is 0 Å². The van der Waals surface area contributed by atoms with E-state index in [1.54, 1.807) is 13.8 Å². The lowest BCUT2D eigenvalue weighted by Gasteiger charge is -2.51. The fraction of sp³-hybridized carbons (Fsp3) is 0.262. The molecule has 0 saturated carbocycles. The number of fused-ring (bicyclic) bond motifs is 9. The maximum atomic E-state index is 14.0. The molecule has 7 heteroatoms. The van der Waals surface area contributed by atoms with Crippen molar-refractivity contribution in [2.75, 3.05) is 0 Å². The van der Waals surface area contributed by atoms with Crippen LogP contribution >= 0.6 is 0 Å². The zero-order chi connectivity index (χ0) is 63.3. The Morgan fingerprint density at radius 3 is 1.29 bits per heavy atom. The van der Waals surface area contributed by atoms with E-state index in [-0.39, 0.29) is 27.8 Å². The molecule has 460 valence electrons. The fourth-order valence-electron chi connectivity index (χ4n) is 14.2. The fourth-order valence-corrected chi connectivity index (χ4v) is 14.2. The minimum Gasteiger partial charge on any atom is -0.489 e. The molecular formula is C84H84FN3O3. The van der Waals surface area contributed by atoms with Gasteiger partial charge in [-0.05, 0) is 180 Å². The van der Waals surface area contributed by atoms with Gasteiger partial charge in [-0.1, -0.05) is 197 Å². The summed E-state index contributed by atoms with van der Waals surface area (Å²) >= 11 is 0. The lowest BCUT2D eigenvalue weighted by atomic mass is 9.54. The smallest absolute Gasteiger partial charge is 0.138 e. The van der Waals surface area contributed by atoms with Crippen molar-refractivity contribution in [3.63, 3.8) is 0 Å². The molecule has 10 aromatic carbocycles. The quantitative estimate of drug-likeness (QED) is 0.0714. The number of hydrogen-bond donors (Lipinski definition) is 0. The monoisotopic (exact) mass is 1200 g/mol. The SMILES string of the molecule is CCC(F)=C(C)Oc1ccc(OCc2ccc(C(CC(C)(C)C)C(C)(C)C(C)(C)CC(c3ccc(COc4cccc(-n5c6ccc(-n7c8ccccc8c8ccccc87)cc6c6cc(-n7c8ccccc8c8ccccc87)ccc65)c4)cc3)C(C)C)cc2)cc1. The van der Waals surface area contributed by atoms with Crippen LogP contribution in [0.1, 0.15) is 130 Å². The maximum Gasteiger partial charge on any atom is 0.138 e. The molecule has 2 atom stereocenters. The third kappa shape index (κ3) is 11.8. The third-order valence-electron chi connectivity index (χ3n) is 19.8. The number of nitrogens with zero attached hydrogens (tertiary/aromatic N) is 3.